The van der Waals surface area contributed by atoms with E-state index in [0.29, 0.717) is 23.9 Å². The van der Waals surface area contributed by atoms with Crippen molar-refractivity contribution < 1.29 is 9.32 Å². The third kappa shape index (κ3) is 4.47. The minimum Gasteiger partial charge on any atom is -0.360 e. The standard InChI is InChI=1S/C22H19N5O2/c1-16-12-21(26-29-16)25-20-13-19(23-15-24-20)22(28)27(18-10-6-3-7-11-18)14-17-8-4-2-5-9-17/h2-13,15H,14H2,1H3,(H,23,24,25,26). The molecule has 0 aliphatic carbocycles. The van der Waals surface area contributed by atoms with Gasteiger partial charge in [0.05, 0.1) is 6.54 Å². The predicted octanol–water partition coefficient (Wildman–Crippen LogP) is 4.36. The van der Waals surface area contributed by atoms with Crippen LogP contribution in [0.2, 0.25) is 0 Å². The number of carbonyl (C=O) groups is 1. The molecule has 0 aliphatic heterocycles. The van der Waals surface area contributed by atoms with Crippen LogP contribution in [-0.2, 0) is 6.54 Å². The van der Waals surface area contributed by atoms with E-state index in [9.17, 15) is 4.79 Å². The van der Waals surface area contributed by atoms with E-state index < -0.39 is 0 Å². The fourth-order valence-corrected chi connectivity index (χ4v) is 2.89. The molecule has 7 nitrogen and oxygen atoms in total. The minimum atomic E-state index is -0.221. The SMILES string of the molecule is Cc1cc(Nc2cc(C(=O)N(Cc3ccccc3)c3ccccc3)ncn2)no1. The molecular formula is C22H19N5O2. The van der Waals surface area contributed by atoms with Crippen LogP contribution >= 0.6 is 0 Å². The van der Waals surface area contributed by atoms with Crippen LogP contribution in [0, 0.1) is 6.92 Å². The fourth-order valence-electron chi connectivity index (χ4n) is 2.89. The third-order valence-corrected chi connectivity index (χ3v) is 4.27. The summed E-state index contributed by atoms with van der Waals surface area (Å²) in [5, 5.41) is 6.90. The molecule has 2 aromatic heterocycles. The van der Waals surface area contributed by atoms with Gasteiger partial charge in [-0.25, -0.2) is 9.97 Å². The number of amides is 1. The average Bonchev–Trinajstić information content (AvgIpc) is 3.17. The van der Waals surface area contributed by atoms with E-state index in [4.69, 9.17) is 4.52 Å². The van der Waals surface area contributed by atoms with Gasteiger partial charge in [-0.1, -0.05) is 53.7 Å². The summed E-state index contributed by atoms with van der Waals surface area (Å²) in [5.41, 5.74) is 2.10. The Morgan fingerprint density at radius 3 is 2.38 bits per heavy atom. The molecule has 0 spiro atoms. The lowest BCUT2D eigenvalue weighted by Gasteiger charge is -2.23. The summed E-state index contributed by atoms with van der Waals surface area (Å²) in [5.74, 6) is 1.44. The summed E-state index contributed by atoms with van der Waals surface area (Å²) in [6, 6.07) is 22.7. The molecule has 0 fully saturated rings. The Morgan fingerprint density at radius 2 is 1.69 bits per heavy atom. The summed E-state index contributed by atoms with van der Waals surface area (Å²) in [7, 11) is 0. The molecule has 2 heterocycles. The van der Waals surface area contributed by atoms with Crippen LogP contribution in [0.25, 0.3) is 0 Å². The van der Waals surface area contributed by atoms with Crippen LogP contribution in [0.4, 0.5) is 17.3 Å². The van der Waals surface area contributed by atoms with Crippen molar-refractivity contribution in [3.05, 3.63) is 96.1 Å². The smallest absolute Gasteiger partial charge is 0.277 e. The van der Waals surface area contributed by atoms with Gasteiger partial charge >= 0.3 is 0 Å². The van der Waals surface area contributed by atoms with Crippen molar-refractivity contribution in [2.75, 3.05) is 10.2 Å². The number of hydrogen-bond donors (Lipinski definition) is 1. The second-order valence-corrected chi connectivity index (χ2v) is 6.45. The topological polar surface area (TPSA) is 84.2 Å². The first-order valence-electron chi connectivity index (χ1n) is 9.12. The number of carbonyl (C=O) groups excluding carboxylic acids is 1. The van der Waals surface area contributed by atoms with Gasteiger partial charge in [0.25, 0.3) is 5.91 Å². The highest BCUT2D eigenvalue weighted by atomic mass is 16.5. The normalized spacial score (nSPS) is 10.5. The van der Waals surface area contributed by atoms with Gasteiger partial charge in [-0.05, 0) is 24.6 Å². The van der Waals surface area contributed by atoms with Crippen molar-refractivity contribution in [1.29, 1.82) is 0 Å². The van der Waals surface area contributed by atoms with E-state index in [1.807, 2.05) is 60.7 Å². The maximum absolute atomic E-state index is 13.3. The Morgan fingerprint density at radius 1 is 0.966 bits per heavy atom. The fraction of sp³-hybridized carbons (Fsp3) is 0.0909. The van der Waals surface area contributed by atoms with Gasteiger partial charge in [-0.3, -0.25) is 4.79 Å². The average molecular weight is 385 g/mol. The highest BCUT2D eigenvalue weighted by Gasteiger charge is 2.20. The first-order chi connectivity index (χ1) is 14.2. The molecule has 0 saturated carbocycles. The number of nitrogens with zero attached hydrogens (tertiary/aromatic N) is 4. The van der Waals surface area contributed by atoms with Crippen LogP contribution in [0.3, 0.4) is 0 Å². The molecule has 0 unspecified atom stereocenters. The van der Waals surface area contributed by atoms with Gasteiger partial charge in [0.2, 0.25) is 0 Å². The maximum atomic E-state index is 13.3. The molecule has 0 atom stereocenters. The van der Waals surface area contributed by atoms with Crippen LogP contribution in [-0.4, -0.2) is 21.0 Å². The second-order valence-electron chi connectivity index (χ2n) is 6.45. The van der Waals surface area contributed by atoms with Crippen LogP contribution in [0.15, 0.2) is 83.6 Å². The van der Waals surface area contributed by atoms with Crippen molar-refractivity contribution in [1.82, 2.24) is 15.1 Å². The number of rotatable bonds is 6. The molecule has 0 saturated heterocycles. The lowest BCUT2D eigenvalue weighted by atomic mass is 10.2. The Kier molecular flexibility index (Phi) is 5.29. The van der Waals surface area contributed by atoms with E-state index >= 15 is 0 Å². The zero-order valence-electron chi connectivity index (χ0n) is 15.8. The second kappa shape index (κ2) is 8.35. The van der Waals surface area contributed by atoms with E-state index in [-0.39, 0.29) is 11.6 Å². The molecule has 0 radical (unpaired) electrons. The number of anilines is 3. The molecule has 144 valence electrons. The first-order valence-corrected chi connectivity index (χ1v) is 9.12. The van der Waals surface area contributed by atoms with Gasteiger partial charge in [-0.2, -0.15) is 0 Å². The number of aromatic nitrogens is 3. The van der Waals surface area contributed by atoms with Crippen LogP contribution < -0.4 is 10.2 Å². The first kappa shape index (κ1) is 18.4. The predicted molar refractivity (Wildman–Crippen MR) is 110 cm³/mol. The number of nitrogens with one attached hydrogen (secondary N) is 1. The van der Waals surface area contributed by atoms with Crippen molar-refractivity contribution >= 4 is 23.2 Å². The van der Waals surface area contributed by atoms with E-state index in [1.54, 1.807) is 24.0 Å². The number of hydrogen-bond acceptors (Lipinski definition) is 6. The van der Waals surface area contributed by atoms with Crippen molar-refractivity contribution in [3.63, 3.8) is 0 Å². The molecule has 2 aromatic carbocycles. The number of benzene rings is 2. The quantitative estimate of drug-likeness (QED) is 0.531. The maximum Gasteiger partial charge on any atom is 0.277 e. The van der Waals surface area contributed by atoms with Crippen molar-refractivity contribution in [2.24, 2.45) is 0 Å². The van der Waals surface area contributed by atoms with Gasteiger partial charge in [0.1, 0.15) is 23.6 Å². The summed E-state index contributed by atoms with van der Waals surface area (Å²) in [4.78, 5) is 23.4. The van der Waals surface area contributed by atoms with Crippen LogP contribution in [0.5, 0.6) is 0 Å². The van der Waals surface area contributed by atoms with Gasteiger partial charge in [0.15, 0.2) is 5.82 Å². The van der Waals surface area contributed by atoms with Gasteiger partial charge < -0.3 is 14.7 Å². The molecule has 1 N–H and O–H groups in total. The highest BCUT2D eigenvalue weighted by Crippen LogP contribution is 2.21. The number of para-hydroxylation sites is 1. The molecule has 1 amide bonds. The molecule has 7 heteroatoms. The molecule has 29 heavy (non-hydrogen) atoms. The Labute approximate surface area is 168 Å². The Balaban J connectivity index is 1.62. The zero-order chi connectivity index (χ0) is 20.1. The summed E-state index contributed by atoms with van der Waals surface area (Å²) in [6.07, 6.45) is 1.36. The largest absolute Gasteiger partial charge is 0.360 e. The van der Waals surface area contributed by atoms with E-state index in [0.717, 1.165) is 11.3 Å². The van der Waals surface area contributed by atoms with E-state index in [2.05, 4.69) is 20.4 Å². The summed E-state index contributed by atoms with van der Waals surface area (Å²) < 4.78 is 5.05. The molecular weight excluding hydrogens is 366 g/mol. The van der Waals surface area contributed by atoms with Gasteiger partial charge in [-0.15, -0.1) is 0 Å². The molecule has 4 aromatic rings. The monoisotopic (exact) mass is 385 g/mol. The summed E-state index contributed by atoms with van der Waals surface area (Å²) >= 11 is 0. The van der Waals surface area contributed by atoms with Crippen LogP contribution in [0.1, 0.15) is 21.8 Å². The molecule has 4 rings (SSSR count). The zero-order valence-corrected chi connectivity index (χ0v) is 15.8. The summed E-state index contributed by atoms with van der Waals surface area (Å²) in [6.45, 7) is 2.23. The molecule has 0 bridgehead atoms. The van der Waals surface area contributed by atoms with Gasteiger partial charge in [0, 0.05) is 17.8 Å². The lowest BCUT2D eigenvalue weighted by Crippen LogP contribution is -2.31. The van der Waals surface area contributed by atoms with Crippen molar-refractivity contribution in [2.45, 2.75) is 13.5 Å². The van der Waals surface area contributed by atoms with Crippen molar-refractivity contribution in [3.8, 4) is 0 Å². The number of aryl methyl sites for hydroxylation is 1. The van der Waals surface area contributed by atoms with E-state index in [1.165, 1.54) is 6.33 Å². The highest BCUT2D eigenvalue weighted by molar-refractivity contribution is 6.05. The molecule has 0 aliphatic rings. The lowest BCUT2D eigenvalue weighted by molar-refractivity contribution is 0.0980. The third-order valence-electron chi connectivity index (χ3n) is 4.27. The Bertz CT molecular complexity index is 1100. The Hall–Kier alpha value is -4.00. The minimum absolute atomic E-state index is 0.221.